The molecule has 0 N–H and O–H groups in total. The molecular formula is C63H66O15S. The molecule has 0 aromatic heterocycles. The Labute approximate surface area is 462 Å². The molecule has 2 aliphatic heterocycles. The van der Waals surface area contributed by atoms with Gasteiger partial charge in [-0.3, -0.25) is 8.98 Å². The average molecular weight is 1100 g/mol. The molecule has 0 aliphatic carbocycles. The lowest BCUT2D eigenvalue weighted by atomic mass is 9.95. The first kappa shape index (κ1) is 56.9. The normalized spacial score (nSPS) is 23.1. The number of methoxy groups -OCH3 is 1. The van der Waals surface area contributed by atoms with Crippen LogP contribution in [0, 0.1) is 6.92 Å². The molecule has 16 heteroatoms. The van der Waals surface area contributed by atoms with E-state index in [2.05, 4.69) is 0 Å². The zero-order valence-corrected chi connectivity index (χ0v) is 45.1. The van der Waals surface area contributed by atoms with Gasteiger partial charge < -0.3 is 52.1 Å². The first-order valence-corrected chi connectivity index (χ1v) is 27.6. The van der Waals surface area contributed by atoms with Crippen LogP contribution in [0.2, 0.25) is 0 Å². The van der Waals surface area contributed by atoms with E-state index in [0.29, 0.717) is 11.5 Å². The molecule has 0 bridgehead atoms. The number of ether oxygens (including phenoxy) is 11. The third-order valence-electron chi connectivity index (χ3n) is 13.3. The van der Waals surface area contributed by atoms with Crippen LogP contribution in [-0.4, -0.2) is 96.1 Å². The van der Waals surface area contributed by atoms with Gasteiger partial charge in [0, 0.05) is 6.92 Å². The second-order valence-corrected chi connectivity index (χ2v) is 20.8. The van der Waals surface area contributed by atoms with Crippen LogP contribution in [0.15, 0.2) is 205 Å². The minimum absolute atomic E-state index is 0.0293. The van der Waals surface area contributed by atoms with Gasteiger partial charge in [0.2, 0.25) is 6.29 Å². The predicted molar refractivity (Wildman–Crippen MR) is 292 cm³/mol. The van der Waals surface area contributed by atoms with Gasteiger partial charge in [-0.15, -0.1) is 0 Å². The SMILES string of the molecule is COc1ccc(O[C@@H]2O[C@H](COCc3ccccc3)[C@@H](O[C@@H]3O[C@H](COS(=O)(=O)c4ccc(C)cc4)[C@@H](OC(C)=O)[C@H](OCc4ccccc4)[C@H]3OCc3ccccc3)[C@H](OCc3ccccc3)[C@H]2OCc2ccccc2)cc1. The van der Waals surface area contributed by atoms with Crippen LogP contribution >= 0.6 is 0 Å². The van der Waals surface area contributed by atoms with Crippen molar-refractivity contribution in [2.24, 2.45) is 0 Å². The molecule has 2 heterocycles. The number of esters is 1. The van der Waals surface area contributed by atoms with E-state index in [0.717, 1.165) is 33.4 Å². The largest absolute Gasteiger partial charge is 0.497 e. The van der Waals surface area contributed by atoms with Crippen molar-refractivity contribution >= 4 is 16.1 Å². The number of benzene rings is 7. The van der Waals surface area contributed by atoms with Crippen LogP contribution in [0.3, 0.4) is 0 Å². The Hall–Kier alpha value is -6.80. The first-order chi connectivity index (χ1) is 38.6. The van der Waals surface area contributed by atoms with E-state index in [4.69, 9.17) is 56.3 Å². The van der Waals surface area contributed by atoms with Crippen molar-refractivity contribution in [1.29, 1.82) is 0 Å². The van der Waals surface area contributed by atoms with Crippen LogP contribution in [0.4, 0.5) is 0 Å². The zero-order valence-electron chi connectivity index (χ0n) is 44.3. The summed E-state index contributed by atoms with van der Waals surface area (Å²) in [6, 6.07) is 61.5. The molecule has 9 rings (SSSR count). The molecule has 2 aliphatic rings. The van der Waals surface area contributed by atoms with E-state index in [1.165, 1.54) is 19.1 Å². The van der Waals surface area contributed by atoms with Crippen molar-refractivity contribution in [2.45, 2.75) is 113 Å². The van der Waals surface area contributed by atoms with Crippen molar-refractivity contribution in [3.05, 3.63) is 234 Å². The van der Waals surface area contributed by atoms with Gasteiger partial charge in [-0.05, 0) is 71.1 Å². The van der Waals surface area contributed by atoms with Crippen LogP contribution in [0.1, 0.15) is 40.3 Å². The van der Waals surface area contributed by atoms with E-state index in [1.807, 2.05) is 159 Å². The Morgan fingerprint density at radius 2 is 0.861 bits per heavy atom. The molecule has 0 saturated carbocycles. The maximum atomic E-state index is 13.9. The molecule has 0 spiro atoms. The predicted octanol–water partition coefficient (Wildman–Crippen LogP) is 10.1. The van der Waals surface area contributed by atoms with Crippen molar-refractivity contribution in [3.8, 4) is 11.5 Å². The highest BCUT2D eigenvalue weighted by Crippen LogP contribution is 2.38. The molecule has 15 nitrogen and oxygen atoms in total. The summed E-state index contributed by atoms with van der Waals surface area (Å²) in [5, 5.41) is 0. The number of carbonyl (C=O) groups is 1. The minimum Gasteiger partial charge on any atom is -0.497 e. The summed E-state index contributed by atoms with van der Waals surface area (Å²) in [4.78, 5) is 13.2. The summed E-state index contributed by atoms with van der Waals surface area (Å²) in [7, 11) is -2.80. The monoisotopic (exact) mass is 1090 g/mol. The number of rotatable bonds is 26. The fraction of sp³-hybridized carbons (Fsp3) is 0.317. The van der Waals surface area contributed by atoms with Gasteiger partial charge in [0.05, 0.1) is 58.3 Å². The molecule has 79 heavy (non-hydrogen) atoms. The molecule has 2 saturated heterocycles. The van der Waals surface area contributed by atoms with E-state index in [-0.39, 0.29) is 44.5 Å². The summed E-state index contributed by atoms with van der Waals surface area (Å²) in [5.74, 6) is 0.419. The van der Waals surface area contributed by atoms with Crippen molar-refractivity contribution in [2.75, 3.05) is 20.3 Å². The van der Waals surface area contributed by atoms with Crippen molar-refractivity contribution < 1.29 is 69.5 Å². The molecule has 414 valence electrons. The van der Waals surface area contributed by atoms with E-state index >= 15 is 0 Å². The lowest BCUT2D eigenvalue weighted by Gasteiger charge is -2.50. The van der Waals surface area contributed by atoms with E-state index in [1.54, 1.807) is 43.5 Å². The lowest BCUT2D eigenvalue weighted by Crippen LogP contribution is -2.67. The highest BCUT2D eigenvalue weighted by molar-refractivity contribution is 7.86. The number of carbonyl (C=O) groups excluding carboxylic acids is 1. The number of hydrogen-bond donors (Lipinski definition) is 0. The molecule has 7 aromatic carbocycles. The van der Waals surface area contributed by atoms with Gasteiger partial charge in [-0.2, -0.15) is 8.42 Å². The summed E-state index contributed by atoms with van der Waals surface area (Å²) in [5.41, 5.74) is 5.14. The molecule has 7 aromatic rings. The Bertz CT molecular complexity index is 3010. The third kappa shape index (κ3) is 16.2. The minimum atomic E-state index is -4.39. The van der Waals surface area contributed by atoms with E-state index < -0.39 is 84.1 Å². The zero-order chi connectivity index (χ0) is 54.8. The Morgan fingerprint density at radius 3 is 1.33 bits per heavy atom. The fourth-order valence-corrected chi connectivity index (χ4v) is 10.2. The van der Waals surface area contributed by atoms with Crippen LogP contribution in [0.5, 0.6) is 11.5 Å². The van der Waals surface area contributed by atoms with Gasteiger partial charge in [-0.25, -0.2) is 0 Å². The topological polar surface area (TPSA) is 162 Å². The standard InChI is InChI=1S/C63H66O15S/c1-44-29-35-53(36-30-44)79(65,66)73-43-55-56(74-45(2)64)58(69-38-47-21-11-5-12-22-47)61(72-41-50-27-17-8-18-28-50)63(77-55)78-57-54(42-68-37-46-19-9-4-10-20-46)76-62(75-52-33-31-51(67-3)32-34-52)60(71-40-49-25-15-7-16-26-49)59(57)70-39-48-23-13-6-14-24-48/h4-36,54-63H,37-43H2,1-3H3/t54-,55-,56-,57-,58+,59+,60-,61-,62-,63+/m1/s1. The van der Waals surface area contributed by atoms with Crippen molar-refractivity contribution in [1.82, 2.24) is 0 Å². The van der Waals surface area contributed by atoms with E-state index in [9.17, 15) is 13.2 Å². The lowest BCUT2D eigenvalue weighted by molar-refractivity contribution is -0.368. The quantitative estimate of drug-likeness (QED) is 0.0372. The second-order valence-electron chi connectivity index (χ2n) is 19.2. The Morgan fingerprint density at radius 1 is 0.456 bits per heavy atom. The fourth-order valence-electron chi connectivity index (χ4n) is 9.27. The number of aryl methyl sites for hydroxylation is 1. The van der Waals surface area contributed by atoms with Gasteiger partial charge in [-0.1, -0.05) is 169 Å². The van der Waals surface area contributed by atoms with Gasteiger partial charge >= 0.3 is 5.97 Å². The van der Waals surface area contributed by atoms with Gasteiger partial charge in [0.1, 0.15) is 54.2 Å². The molecular weight excluding hydrogens is 1030 g/mol. The summed E-state index contributed by atoms with van der Waals surface area (Å²) < 4.78 is 108. The molecule has 10 atom stereocenters. The maximum Gasteiger partial charge on any atom is 0.303 e. The van der Waals surface area contributed by atoms with Gasteiger partial charge in [0.25, 0.3) is 10.1 Å². The summed E-state index contributed by atoms with van der Waals surface area (Å²) >= 11 is 0. The average Bonchev–Trinajstić information content (AvgIpc) is 3.51. The molecule has 0 unspecified atom stereocenters. The number of hydrogen-bond acceptors (Lipinski definition) is 15. The molecule has 0 amide bonds. The van der Waals surface area contributed by atoms with Crippen molar-refractivity contribution in [3.63, 3.8) is 0 Å². The Kier molecular flexibility index (Phi) is 20.4. The maximum absolute atomic E-state index is 13.9. The highest BCUT2D eigenvalue weighted by atomic mass is 32.2. The molecule has 2 fully saturated rings. The molecule has 0 radical (unpaired) electrons. The van der Waals surface area contributed by atoms with Crippen LogP contribution in [0.25, 0.3) is 0 Å². The van der Waals surface area contributed by atoms with Crippen LogP contribution in [-0.2, 0) is 94.8 Å². The third-order valence-corrected chi connectivity index (χ3v) is 14.6. The first-order valence-electron chi connectivity index (χ1n) is 26.2. The van der Waals surface area contributed by atoms with Crippen LogP contribution < -0.4 is 9.47 Å². The Balaban J connectivity index is 1.15. The summed E-state index contributed by atoms with van der Waals surface area (Å²) in [6.07, 6.45) is -11.7. The highest BCUT2D eigenvalue weighted by Gasteiger charge is 2.55. The summed E-state index contributed by atoms with van der Waals surface area (Å²) in [6.45, 7) is 2.95. The smallest absolute Gasteiger partial charge is 0.303 e. The van der Waals surface area contributed by atoms with Gasteiger partial charge in [0.15, 0.2) is 12.4 Å². The second kappa shape index (κ2) is 28.4.